The smallest absolute Gasteiger partial charge is 0.252 e. The molecule has 140 valence electrons. The molecule has 1 aliphatic heterocycles. The van der Waals surface area contributed by atoms with Crippen LogP contribution in [0.25, 0.3) is 5.65 Å². The first-order valence-electron chi connectivity index (χ1n) is 9.16. The number of ether oxygens (including phenoxy) is 1. The number of pyridine rings is 1. The Bertz CT molecular complexity index is 933. The molecule has 0 radical (unpaired) electrons. The number of aromatic nitrogens is 3. The third-order valence-corrected chi connectivity index (χ3v) is 5.14. The SMILES string of the molecule is O=C(NCCc1ccc(Cl)cc1)c1ccc2nnc(C3CCOCC3)n2c1. The molecule has 0 atom stereocenters. The van der Waals surface area contributed by atoms with E-state index in [2.05, 4.69) is 15.5 Å². The lowest BCUT2D eigenvalue weighted by Crippen LogP contribution is -2.26. The predicted molar refractivity (Wildman–Crippen MR) is 103 cm³/mol. The van der Waals surface area contributed by atoms with E-state index in [1.807, 2.05) is 40.9 Å². The molecule has 0 bridgehead atoms. The van der Waals surface area contributed by atoms with E-state index in [0.29, 0.717) is 23.0 Å². The highest BCUT2D eigenvalue weighted by Crippen LogP contribution is 2.26. The quantitative estimate of drug-likeness (QED) is 0.733. The summed E-state index contributed by atoms with van der Waals surface area (Å²) in [6, 6.07) is 11.3. The van der Waals surface area contributed by atoms with Crippen molar-refractivity contribution in [2.24, 2.45) is 0 Å². The van der Waals surface area contributed by atoms with Crippen LogP contribution in [0.1, 0.15) is 40.5 Å². The zero-order valence-corrected chi connectivity index (χ0v) is 15.7. The molecular weight excluding hydrogens is 364 g/mol. The molecule has 6 nitrogen and oxygen atoms in total. The molecule has 0 spiro atoms. The largest absolute Gasteiger partial charge is 0.381 e. The highest BCUT2D eigenvalue weighted by molar-refractivity contribution is 6.30. The lowest BCUT2D eigenvalue weighted by molar-refractivity contribution is 0.0833. The molecule has 2 aromatic heterocycles. The van der Waals surface area contributed by atoms with E-state index in [0.717, 1.165) is 49.5 Å². The fourth-order valence-electron chi connectivity index (χ4n) is 3.35. The number of hydrogen-bond acceptors (Lipinski definition) is 4. The van der Waals surface area contributed by atoms with Gasteiger partial charge in [0.15, 0.2) is 5.65 Å². The van der Waals surface area contributed by atoms with Crippen LogP contribution in [0.3, 0.4) is 0 Å². The molecule has 4 rings (SSSR count). The summed E-state index contributed by atoms with van der Waals surface area (Å²) in [7, 11) is 0. The maximum absolute atomic E-state index is 12.5. The van der Waals surface area contributed by atoms with Crippen LogP contribution in [0.4, 0.5) is 0 Å². The minimum Gasteiger partial charge on any atom is -0.381 e. The van der Waals surface area contributed by atoms with Gasteiger partial charge < -0.3 is 10.1 Å². The van der Waals surface area contributed by atoms with Crippen LogP contribution in [0.2, 0.25) is 5.02 Å². The van der Waals surface area contributed by atoms with E-state index < -0.39 is 0 Å². The van der Waals surface area contributed by atoms with Gasteiger partial charge in [-0.2, -0.15) is 0 Å². The van der Waals surface area contributed by atoms with Gasteiger partial charge in [0.1, 0.15) is 5.82 Å². The highest BCUT2D eigenvalue weighted by Gasteiger charge is 2.21. The molecule has 1 fully saturated rings. The summed E-state index contributed by atoms with van der Waals surface area (Å²) < 4.78 is 7.36. The first-order valence-corrected chi connectivity index (χ1v) is 9.53. The van der Waals surface area contributed by atoms with E-state index in [1.165, 1.54) is 0 Å². The van der Waals surface area contributed by atoms with E-state index in [4.69, 9.17) is 16.3 Å². The van der Waals surface area contributed by atoms with Gasteiger partial charge in [-0.05, 0) is 49.1 Å². The van der Waals surface area contributed by atoms with Gasteiger partial charge in [0.2, 0.25) is 0 Å². The van der Waals surface area contributed by atoms with E-state index in [1.54, 1.807) is 6.07 Å². The lowest BCUT2D eigenvalue weighted by Gasteiger charge is -2.20. The molecule has 3 aromatic rings. The van der Waals surface area contributed by atoms with Gasteiger partial charge in [-0.15, -0.1) is 10.2 Å². The van der Waals surface area contributed by atoms with Crippen LogP contribution in [0.15, 0.2) is 42.6 Å². The topological polar surface area (TPSA) is 68.5 Å². The van der Waals surface area contributed by atoms with Crippen LogP contribution in [-0.4, -0.2) is 40.3 Å². The maximum Gasteiger partial charge on any atom is 0.252 e. The third-order valence-electron chi connectivity index (χ3n) is 4.89. The average Bonchev–Trinajstić information content (AvgIpc) is 3.13. The Labute approximate surface area is 162 Å². The van der Waals surface area contributed by atoms with Crippen LogP contribution in [0, 0.1) is 0 Å². The number of rotatable bonds is 5. The van der Waals surface area contributed by atoms with Crippen molar-refractivity contribution in [2.45, 2.75) is 25.2 Å². The number of hydrogen-bond donors (Lipinski definition) is 1. The molecule has 0 aliphatic carbocycles. The van der Waals surface area contributed by atoms with Gasteiger partial charge in [-0.25, -0.2) is 0 Å². The Morgan fingerprint density at radius 3 is 2.70 bits per heavy atom. The van der Waals surface area contributed by atoms with Crippen molar-refractivity contribution in [2.75, 3.05) is 19.8 Å². The molecule has 1 aromatic carbocycles. The number of fused-ring (bicyclic) bond motifs is 1. The summed E-state index contributed by atoms with van der Waals surface area (Å²) in [5.41, 5.74) is 2.50. The molecular formula is C20H21ClN4O2. The van der Waals surface area contributed by atoms with Gasteiger partial charge in [-0.3, -0.25) is 9.20 Å². The number of nitrogens with one attached hydrogen (secondary N) is 1. The zero-order valence-electron chi connectivity index (χ0n) is 14.9. The maximum atomic E-state index is 12.5. The molecule has 1 amide bonds. The minimum absolute atomic E-state index is 0.0995. The number of halogens is 1. The normalized spacial score (nSPS) is 15.1. The second kappa shape index (κ2) is 8.06. The van der Waals surface area contributed by atoms with Crippen molar-refractivity contribution in [3.63, 3.8) is 0 Å². The standard InChI is InChI=1S/C20H21ClN4O2/c21-17-4-1-14(2-5-17)7-10-22-20(26)16-3-6-18-23-24-19(25(18)13-16)15-8-11-27-12-9-15/h1-6,13,15H,7-12H2,(H,22,26). The van der Waals surface area contributed by atoms with Crippen molar-refractivity contribution >= 4 is 23.2 Å². The summed E-state index contributed by atoms with van der Waals surface area (Å²) in [6.07, 6.45) is 4.44. The minimum atomic E-state index is -0.0995. The highest BCUT2D eigenvalue weighted by atomic mass is 35.5. The number of carbonyl (C=O) groups is 1. The molecule has 3 heterocycles. The Morgan fingerprint density at radius 1 is 1.15 bits per heavy atom. The number of carbonyl (C=O) groups excluding carboxylic acids is 1. The van der Waals surface area contributed by atoms with Gasteiger partial charge in [0.05, 0.1) is 5.56 Å². The molecule has 1 saturated heterocycles. The molecule has 1 aliphatic rings. The molecule has 0 unspecified atom stereocenters. The summed E-state index contributed by atoms with van der Waals surface area (Å²) in [4.78, 5) is 12.5. The fraction of sp³-hybridized carbons (Fsp3) is 0.350. The van der Waals surface area contributed by atoms with Crippen molar-refractivity contribution in [3.8, 4) is 0 Å². The molecule has 1 N–H and O–H groups in total. The Balaban J connectivity index is 1.44. The summed E-state index contributed by atoms with van der Waals surface area (Å²) >= 11 is 5.89. The van der Waals surface area contributed by atoms with Crippen molar-refractivity contribution in [3.05, 3.63) is 64.6 Å². The van der Waals surface area contributed by atoms with Crippen molar-refractivity contribution in [1.82, 2.24) is 19.9 Å². The molecule has 27 heavy (non-hydrogen) atoms. The summed E-state index contributed by atoms with van der Waals surface area (Å²) in [5.74, 6) is 1.12. The zero-order chi connectivity index (χ0) is 18.6. The Morgan fingerprint density at radius 2 is 1.93 bits per heavy atom. The van der Waals surface area contributed by atoms with Crippen LogP contribution < -0.4 is 5.32 Å². The van der Waals surface area contributed by atoms with Gasteiger partial charge in [-0.1, -0.05) is 23.7 Å². The number of benzene rings is 1. The van der Waals surface area contributed by atoms with Crippen molar-refractivity contribution < 1.29 is 9.53 Å². The summed E-state index contributed by atoms with van der Waals surface area (Å²) in [6.45, 7) is 2.04. The predicted octanol–water partition coefficient (Wildman–Crippen LogP) is 3.25. The first-order chi connectivity index (χ1) is 13.2. The Kier molecular flexibility index (Phi) is 5.36. The number of amides is 1. The first kappa shape index (κ1) is 17.9. The molecule has 0 saturated carbocycles. The van der Waals surface area contributed by atoms with E-state index in [-0.39, 0.29) is 5.91 Å². The second-order valence-corrected chi connectivity index (χ2v) is 7.16. The van der Waals surface area contributed by atoms with Crippen LogP contribution >= 0.6 is 11.6 Å². The second-order valence-electron chi connectivity index (χ2n) is 6.72. The van der Waals surface area contributed by atoms with Gasteiger partial charge >= 0.3 is 0 Å². The Hall–Kier alpha value is -2.44. The lowest BCUT2D eigenvalue weighted by atomic mass is 9.99. The van der Waals surface area contributed by atoms with Crippen LogP contribution in [-0.2, 0) is 11.2 Å². The molecule has 7 heteroatoms. The monoisotopic (exact) mass is 384 g/mol. The van der Waals surface area contributed by atoms with Crippen molar-refractivity contribution in [1.29, 1.82) is 0 Å². The van der Waals surface area contributed by atoms with Gasteiger partial charge in [0.25, 0.3) is 5.91 Å². The van der Waals surface area contributed by atoms with Gasteiger partial charge in [0, 0.05) is 36.9 Å². The van der Waals surface area contributed by atoms with E-state index >= 15 is 0 Å². The number of nitrogens with zero attached hydrogens (tertiary/aromatic N) is 3. The summed E-state index contributed by atoms with van der Waals surface area (Å²) in [5, 5.41) is 12.3. The van der Waals surface area contributed by atoms with E-state index in [9.17, 15) is 4.79 Å². The fourth-order valence-corrected chi connectivity index (χ4v) is 3.48. The van der Waals surface area contributed by atoms with Crippen LogP contribution in [0.5, 0.6) is 0 Å². The average molecular weight is 385 g/mol. The third kappa shape index (κ3) is 4.12.